The largest absolute Gasteiger partial charge is 0.327 e. The molecule has 0 amide bonds. The van der Waals surface area contributed by atoms with Gasteiger partial charge in [-0.25, -0.2) is 4.98 Å². The Bertz CT molecular complexity index is 749. The van der Waals surface area contributed by atoms with E-state index in [4.69, 9.17) is 4.98 Å². The number of hydrogen-bond donors (Lipinski definition) is 0. The Labute approximate surface area is 113 Å². The van der Waals surface area contributed by atoms with E-state index in [0.717, 1.165) is 11.3 Å². The molecule has 0 N–H and O–H groups in total. The summed E-state index contributed by atoms with van der Waals surface area (Å²) in [5.41, 5.74) is 7.29. The lowest BCUT2D eigenvalue weighted by molar-refractivity contribution is 0.955. The number of aryl methyl sites for hydroxylation is 4. The summed E-state index contributed by atoms with van der Waals surface area (Å²) < 4.78 is 2.20. The first-order valence-corrected chi connectivity index (χ1v) is 6.57. The van der Waals surface area contributed by atoms with Gasteiger partial charge in [0.2, 0.25) is 0 Å². The van der Waals surface area contributed by atoms with Crippen LogP contribution in [0.3, 0.4) is 0 Å². The van der Waals surface area contributed by atoms with E-state index >= 15 is 0 Å². The SMILES string of the molecule is Cc1ccc(-c2nc3c(C)ccc(C)c3n2C)cc1. The molecule has 0 saturated carbocycles. The number of fused-ring (bicyclic) bond motifs is 1. The highest BCUT2D eigenvalue weighted by Gasteiger charge is 2.12. The molecular weight excluding hydrogens is 232 g/mol. The van der Waals surface area contributed by atoms with Crippen LogP contribution in [0.5, 0.6) is 0 Å². The molecule has 0 atom stereocenters. The van der Waals surface area contributed by atoms with E-state index in [2.05, 4.69) is 68.8 Å². The summed E-state index contributed by atoms with van der Waals surface area (Å²) in [6, 6.07) is 12.9. The molecular formula is C17H18N2. The monoisotopic (exact) mass is 250 g/mol. The summed E-state index contributed by atoms with van der Waals surface area (Å²) in [5.74, 6) is 1.03. The maximum atomic E-state index is 4.84. The lowest BCUT2D eigenvalue weighted by Crippen LogP contribution is -1.93. The van der Waals surface area contributed by atoms with Gasteiger partial charge in [-0.05, 0) is 31.9 Å². The summed E-state index contributed by atoms with van der Waals surface area (Å²) in [4.78, 5) is 4.84. The molecule has 0 spiro atoms. The molecule has 3 aromatic rings. The van der Waals surface area contributed by atoms with E-state index in [1.54, 1.807) is 0 Å². The number of imidazole rings is 1. The van der Waals surface area contributed by atoms with Crippen molar-refractivity contribution in [3.8, 4) is 11.4 Å². The predicted molar refractivity (Wildman–Crippen MR) is 80.4 cm³/mol. The molecule has 1 aromatic heterocycles. The average Bonchev–Trinajstić information content (AvgIpc) is 2.74. The highest BCUT2D eigenvalue weighted by Crippen LogP contribution is 2.27. The molecule has 2 heteroatoms. The minimum atomic E-state index is 1.03. The first kappa shape index (κ1) is 12.0. The number of hydrogen-bond acceptors (Lipinski definition) is 1. The summed E-state index contributed by atoms with van der Waals surface area (Å²) in [6.07, 6.45) is 0. The van der Waals surface area contributed by atoms with Gasteiger partial charge in [-0.2, -0.15) is 0 Å². The zero-order valence-corrected chi connectivity index (χ0v) is 11.9. The van der Waals surface area contributed by atoms with Crippen molar-refractivity contribution in [2.45, 2.75) is 20.8 Å². The number of rotatable bonds is 1. The maximum absolute atomic E-state index is 4.84. The predicted octanol–water partition coefficient (Wildman–Crippen LogP) is 4.17. The van der Waals surface area contributed by atoms with E-state index in [1.165, 1.54) is 27.8 Å². The van der Waals surface area contributed by atoms with Gasteiger partial charge in [-0.1, -0.05) is 42.0 Å². The van der Waals surface area contributed by atoms with Crippen molar-refractivity contribution in [3.05, 3.63) is 53.1 Å². The molecule has 2 aromatic carbocycles. The Morgan fingerprint density at radius 1 is 0.842 bits per heavy atom. The van der Waals surface area contributed by atoms with Crippen LogP contribution in [0.4, 0.5) is 0 Å². The Balaban J connectivity index is 2.31. The van der Waals surface area contributed by atoms with Crippen LogP contribution in [-0.4, -0.2) is 9.55 Å². The first-order valence-electron chi connectivity index (χ1n) is 6.57. The van der Waals surface area contributed by atoms with Gasteiger partial charge >= 0.3 is 0 Å². The molecule has 2 nitrogen and oxygen atoms in total. The normalized spacial score (nSPS) is 11.2. The Morgan fingerprint density at radius 2 is 1.47 bits per heavy atom. The number of benzene rings is 2. The summed E-state index contributed by atoms with van der Waals surface area (Å²) in [7, 11) is 2.09. The summed E-state index contributed by atoms with van der Waals surface area (Å²) in [6.45, 7) is 6.36. The molecule has 0 aliphatic rings. The average molecular weight is 250 g/mol. The zero-order valence-electron chi connectivity index (χ0n) is 11.9. The zero-order chi connectivity index (χ0) is 13.6. The van der Waals surface area contributed by atoms with Gasteiger partial charge in [0.05, 0.1) is 11.0 Å². The van der Waals surface area contributed by atoms with Gasteiger partial charge in [-0.15, -0.1) is 0 Å². The molecule has 19 heavy (non-hydrogen) atoms. The molecule has 0 bridgehead atoms. The second-order valence-corrected chi connectivity index (χ2v) is 5.26. The lowest BCUT2D eigenvalue weighted by Gasteiger charge is -2.04. The van der Waals surface area contributed by atoms with Gasteiger partial charge < -0.3 is 4.57 Å². The second kappa shape index (κ2) is 4.23. The molecule has 0 radical (unpaired) electrons. The Morgan fingerprint density at radius 3 is 2.11 bits per heavy atom. The van der Waals surface area contributed by atoms with E-state index in [1.807, 2.05) is 0 Å². The van der Waals surface area contributed by atoms with Crippen LogP contribution >= 0.6 is 0 Å². The van der Waals surface area contributed by atoms with Crippen molar-refractivity contribution in [2.75, 3.05) is 0 Å². The van der Waals surface area contributed by atoms with Crippen LogP contribution in [0.2, 0.25) is 0 Å². The molecule has 96 valence electrons. The smallest absolute Gasteiger partial charge is 0.140 e. The van der Waals surface area contributed by atoms with Crippen molar-refractivity contribution in [2.24, 2.45) is 7.05 Å². The first-order chi connectivity index (χ1) is 9.08. The fraction of sp³-hybridized carbons (Fsp3) is 0.235. The molecule has 0 aliphatic carbocycles. The molecule has 0 fully saturated rings. The topological polar surface area (TPSA) is 17.8 Å². The van der Waals surface area contributed by atoms with Crippen molar-refractivity contribution >= 4 is 11.0 Å². The molecule has 3 rings (SSSR count). The maximum Gasteiger partial charge on any atom is 0.140 e. The standard InChI is InChI=1S/C17H18N2/c1-11-5-9-14(10-6-11)17-18-15-12(2)7-8-13(3)16(15)19(17)4/h5-10H,1-4H3. The quantitative estimate of drug-likeness (QED) is 0.634. The van der Waals surface area contributed by atoms with Crippen LogP contribution in [0.15, 0.2) is 36.4 Å². The van der Waals surface area contributed by atoms with Crippen LogP contribution in [0.1, 0.15) is 16.7 Å². The van der Waals surface area contributed by atoms with E-state index in [0.29, 0.717) is 0 Å². The fourth-order valence-electron chi connectivity index (χ4n) is 2.59. The van der Waals surface area contributed by atoms with Gasteiger partial charge in [0.25, 0.3) is 0 Å². The van der Waals surface area contributed by atoms with Crippen LogP contribution in [-0.2, 0) is 7.05 Å². The second-order valence-electron chi connectivity index (χ2n) is 5.26. The van der Waals surface area contributed by atoms with E-state index < -0.39 is 0 Å². The van der Waals surface area contributed by atoms with Gasteiger partial charge in [-0.3, -0.25) is 0 Å². The minimum absolute atomic E-state index is 1.03. The third kappa shape index (κ3) is 1.84. The van der Waals surface area contributed by atoms with Gasteiger partial charge in [0, 0.05) is 12.6 Å². The number of aromatic nitrogens is 2. The lowest BCUT2D eigenvalue weighted by atomic mass is 10.1. The van der Waals surface area contributed by atoms with Crippen LogP contribution in [0.25, 0.3) is 22.4 Å². The van der Waals surface area contributed by atoms with E-state index in [9.17, 15) is 0 Å². The summed E-state index contributed by atoms with van der Waals surface area (Å²) >= 11 is 0. The minimum Gasteiger partial charge on any atom is -0.327 e. The summed E-state index contributed by atoms with van der Waals surface area (Å²) in [5, 5.41) is 0. The van der Waals surface area contributed by atoms with Gasteiger partial charge in [0.15, 0.2) is 0 Å². The molecule has 1 heterocycles. The van der Waals surface area contributed by atoms with Crippen molar-refractivity contribution in [1.29, 1.82) is 0 Å². The molecule has 0 aliphatic heterocycles. The highest BCUT2D eigenvalue weighted by atomic mass is 15.1. The highest BCUT2D eigenvalue weighted by molar-refractivity contribution is 5.86. The van der Waals surface area contributed by atoms with Crippen molar-refractivity contribution < 1.29 is 0 Å². The van der Waals surface area contributed by atoms with Gasteiger partial charge in [0.1, 0.15) is 5.82 Å². The van der Waals surface area contributed by atoms with E-state index in [-0.39, 0.29) is 0 Å². The molecule has 0 unspecified atom stereocenters. The number of nitrogens with zero attached hydrogens (tertiary/aromatic N) is 2. The Kier molecular flexibility index (Phi) is 2.67. The fourth-order valence-corrected chi connectivity index (χ4v) is 2.59. The van der Waals surface area contributed by atoms with Crippen molar-refractivity contribution in [1.82, 2.24) is 9.55 Å². The van der Waals surface area contributed by atoms with Crippen LogP contribution < -0.4 is 0 Å². The van der Waals surface area contributed by atoms with Crippen molar-refractivity contribution in [3.63, 3.8) is 0 Å². The molecule has 0 saturated heterocycles. The Hall–Kier alpha value is -2.09. The third-order valence-electron chi connectivity index (χ3n) is 3.74. The van der Waals surface area contributed by atoms with Crippen LogP contribution in [0, 0.1) is 20.8 Å². The third-order valence-corrected chi connectivity index (χ3v) is 3.74.